The zero-order chi connectivity index (χ0) is 28.8. The van der Waals surface area contributed by atoms with E-state index in [2.05, 4.69) is 20.6 Å². The molecular formula is C27H16ClF5N4O3. The van der Waals surface area contributed by atoms with Crippen LogP contribution in [0.3, 0.4) is 0 Å². The summed E-state index contributed by atoms with van der Waals surface area (Å²) in [6.07, 6.45) is -2.10. The van der Waals surface area contributed by atoms with Crippen LogP contribution in [0.4, 0.5) is 27.6 Å². The molecule has 0 fully saturated rings. The summed E-state index contributed by atoms with van der Waals surface area (Å²) in [5.41, 5.74) is -0.798. The largest absolute Gasteiger partial charge is 0.467 e. The van der Waals surface area contributed by atoms with Crippen LogP contribution >= 0.6 is 11.6 Å². The molecule has 0 aliphatic carbocycles. The smallest absolute Gasteiger partial charge is 0.416 e. The van der Waals surface area contributed by atoms with Gasteiger partial charge in [-0.2, -0.15) is 13.2 Å². The van der Waals surface area contributed by atoms with Crippen LogP contribution in [0.15, 0.2) is 60.9 Å². The van der Waals surface area contributed by atoms with E-state index in [9.17, 15) is 31.5 Å². The zero-order valence-corrected chi connectivity index (χ0v) is 21.0. The standard InChI is InChI=1S/C27H16ClF5N4O3/c1-40-26-34-10-14(11-35-26)12-6-19-22(23(37-25(19)39)18-9-16(29)2-3-20(18)28)21(7-12)36-24(38)13-4-15(27(31,32)33)8-17(30)5-13/h2-11,23H,1H3,(H,36,38)(H,37,39)/t23-/m0/s1. The van der Waals surface area contributed by atoms with Gasteiger partial charge in [0.1, 0.15) is 11.6 Å². The number of hydrogen-bond acceptors (Lipinski definition) is 5. The summed E-state index contributed by atoms with van der Waals surface area (Å²) in [6, 6.07) is 6.92. The van der Waals surface area contributed by atoms with Crippen molar-refractivity contribution in [3.63, 3.8) is 0 Å². The van der Waals surface area contributed by atoms with Crippen molar-refractivity contribution in [1.29, 1.82) is 0 Å². The normalized spacial score (nSPS) is 14.5. The number of carbonyl (C=O) groups is 2. The highest BCUT2D eigenvalue weighted by molar-refractivity contribution is 6.31. The third-order valence-corrected chi connectivity index (χ3v) is 6.48. The molecule has 7 nitrogen and oxygen atoms in total. The van der Waals surface area contributed by atoms with Gasteiger partial charge in [-0.15, -0.1) is 0 Å². The van der Waals surface area contributed by atoms with E-state index in [0.29, 0.717) is 23.3 Å². The van der Waals surface area contributed by atoms with Crippen LogP contribution in [-0.2, 0) is 6.18 Å². The van der Waals surface area contributed by atoms with Crippen molar-refractivity contribution in [2.75, 3.05) is 12.4 Å². The number of amides is 2. The lowest BCUT2D eigenvalue weighted by Crippen LogP contribution is -2.21. The van der Waals surface area contributed by atoms with Crippen LogP contribution in [0.2, 0.25) is 5.02 Å². The summed E-state index contributed by atoms with van der Waals surface area (Å²) in [7, 11) is 1.37. The van der Waals surface area contributed by atoms with Gasteiger partial charge in [-0.1, -0.05) is 11.6 Å². The van der Waals surface area contributed by atoms with Gasteiger partial charge >= 0.3 is 12.2 Å². The molecule has 2 amide bonds. The van der Waals surface area contributed by atoms with Gasteiger partial charge in [-0.05, 0) is 54.1 Å². The predicted octanol–water partition coefficient (Wildman–Crippen LogP) is 6.19. The molecule has 0 spiro atoms. The molecule has 1 aromatic heterocycles. The van der Waals surface area contributed by atoms with Crippen LogP contribution in [0.25, 0.3) is 11.1 Å². The van der Waals surface area contributed by atoms with Crippen molar-refractivity contribution in [2.24, 2.45) is 0 Å². The number of methoxy groups -OCH3 is 1. The van der Waals surface area contributed by atoms with Crippen LogP contribution < -0.4 is 15.4 Å². The van der Waals surface area contributed by atoms with Crippen molar-refractivity contribution in [3.05, 3.63) is 105 Å². The van der Waals surface area contributed by atoms with Gasteiger partial charge in [0, 0.05) is 50.9 Å². The van der Waals surface area contributed by atoms with Crippen molar-refractivity contribution in [1.82, 2.24) is 15.3 Å². The second-order valence-corrected chi connectivity index (χ2v) is 9.10. The maximum absolute atomic E-state index is 14.1. The Morgan fingerprint density at radius 3 is 2.40 bits per heavy atom. The maximum Gasteiger partial charge on any atom is 0.416 e. The fraction of sp³-hybridized carbons (Fsp3) is 0.111. The number of fused-ring (bicyclic) bond motifs is 1. The summed E-state index contributed by atoms with van der Waals surface area (Å²) in [4.78, 5) is 34.2. The summed E-state index contributed by atoms with van der Waals surface area (Å²) >= 11 is 6.30. The minimum absolute atomic E-state index is 0.0187. The Bertz CT molecular complexity index is 1660. The van der Waals surface area contributed by atoms with Gasteiger partial charge in [0.05, 0.1) is 18.7 Å². The summed E-state index contributed by atoms with van der Waals surface area (Å²) in [5.74, 6) is -3.58. The van der Waals surface area contributed by atoms with E-state index in [0.717, 1.165) is 12.1 Å². The Morgan fingerprint density at radius 2 is 1.73 bits per heavy atom. The van der Waals surface area contributed by atoms with Gasteiger partial charge in [-0.3, -0.25) is 9.59 Å². The molecule has 5 rings (SSSR count). The van der Waals surface area contributed by atoms with Crippen molar-refractivity contribution in [2.45, 2.75) is 12.2 Å². The van der Waals surface area contributed by atoms with Crippen molar-refractivity contribution < 1.29 is 36.3 Å². The SMILES string of the molecule is COc1ncc(-c2cc(NC(=O)c3cc(F)cc(C(F)(F)F)c3)c3c(c2)C(=O)N[C@H]3c2cc(F)ccc2Cl)cn1. The fourth-order valence-electron chi connectivity index (χ4n) is 4.32. The number of aromatic nitrogens is 2. The van der Waals surface area contributed by atoms with Crippen LogP contribution in [-0.4, -0.2) is 28.9 Å². The molecule has 1 aliphatic heterocycles. The second-order valence-electron chi connectivity index (χ2n) is 8.70. The molecule has 1 aliphatic rings. The van der Waals surface area contributed by atoms with E-state index in [1.165, 1.54) is 37.7 Å². The molecule has 0 bridgehead atoms. The van der Waals surface area contributed by atoms with Gasteiger partial charge in [0.25, 0.3) is 11.8 Å². The summed E-state index contributed by atoms with van der Waals surface area (Å²) < 4.78 is 72.9. The number of nitrogens with zero attached hydrogens (tertiary/aromatic N) is 2. The van der Waals surface area contributed by atoms with Gasteiger partial charge in [-0.25, -0.2) is 18.7 Å². The minimum Gasteiger partial charge on any atom is -0.467 e. The van der Waals surface area contributed by atoms with E-state index in [-0.39, 0.29) is 39.5 Å². The number of alkyl halides is 3. The third kappa shape index (κ3) is 5.17. The Hall–Kier alpha value is -4.58. The molecule has 3 aromatic carbocycles. The van der Waals surface area contributed by atoms with Crippen molar-refractivity contribution in [3.8, 4) is 17.1 Å². The molecule has 2 N–H and O–H groups in total. The van der Waals surface area contributed by atoms with Gasteiger partial charge in [0.15, 0.2) is 0 Å². The number of halogens is 6. The first-order chi connectivity index (χ1) is 18.9. The first kappa shape index (κ1) is 27.0. The lowest BCUT2D eigenvalue weighted by Gasteiger charge is -2.19. The summed E-state index contributed by atoms with van der Waals surface area (Å²) in [5, 5.41) is 5.29. The molecule has 0 saturated carbocycles. The number of rotatable bonds is 5. The third-order valence-electron chi connectivity index (χ3n) is 6.14. The molecule has 0 saturated heterocycles. The van der Waals surface area contributed by atoms with Crippen LogP contribution in [0.5, 0.6) is 6.01 Å². The van der Waals surface area contributed by atoms with E-state index < -0.39 is 46.8 Å². The number of carbonyl (C=O) groups excluding carboxylic acids is 2. The van der Waals surface area contributed by atoms with E-state index in [1.807, 2.05) is 0 Å². The number of ether oxygens (including phenoxy) is 1. The maximum atomic E-state index is 14.1. The molecule has 0 radical (unpaired) electrons. The van der Waals surface area contributed by atoms with Gasteiger partial charge < -0.3 is 15.4 Å². The Balaban J connectivity index is 1.65. The quantitative estimate of drug-likeness (QED) is 0.277. The van der Waals surface area contributed by atoms with Crippen LogP contribution in [0, 0.1) is 11.6 Å². The topological polar surface area (TPSA) is 93.2 Å². The van der Waals surface area contributed by atoms with Gasteiger partial charge in [0.2, 0.25) is 0 Å². The molecule has 13 heteroatoms. The van der Waals surface area contributed by atoms with Crippen LogP contribution in [0.1, 0.15) is 43.4 Å². The number of benzene rings is 3. The molecule has 0 unspecified atom stereocenters. The second kappa shape index (κ2) is 10.2. The average molecular weight is 575 g/mol. The molecule has 204 valence electrons. The number of hydrogen-bond donors (Lipinski definition) is 2. The molecular weight excluding hydrogens is 559 g/mol. The lowest BCUT2D eigenvalue weighted by molar-refractivity contribution is -0.137. The van der Waals surface area contributed by atoms with E-state index >= 15 is 0 Å². The highest BCUT2D eigenvalue weighted by atomic mass is 35.5. The lowest BCUT2D eigenvalue weighted by atomic mass is 9.93. The Labute approximate surface area is 228 Å². The summed E-state index contributed by atoms with van der Waals surface area (Å²) in [6.45, 7) is 0. The first-order valence-electron chi connectivity index (χ1n) is 11.4. The fourth-order valence-corrected chi connectivity index (χ4v) is 4.55. The molecule has 4 aromatic rings. The molecule has 1 atom stereocenters. The molecule has 2 heterocycles. The number of anilines is 1. The monoisotopic (exact) mass is 574 g/mol. The zero-order valence-electron chi connectivity index (χ0n) is 20.2. The number of nitrogens with one attached hydrogen (secondary N) is 2. The predicted molar refractivity (Wildman–Crippen MR) is 134 cm³/mol. The van der Waals surface area contributed by atoms with E-state index in [1.54, 1.807) is 0 Å². The highest BCUT2D eigenvalue weighted by Gasteiger charge is 2.36. The first-order valence-corrected chi connectivity index (χ1v) is 11.8. The Morgan fingerprint density at radius 1 is 1.00 bits per heavy atom. The average Bonchev–Trinajstić information content (AvgIpc) is 3.25. The molecule has 40 heavy (non-hydrogen) atoms. The Kier molecular flexibility index (Phi) is 6.88. The minimum atomic E-state index is -4.90. The van der Waals surface area contributed by atoms with E-state index in [4.69, 9.17) is 16.3 Å². The highest BCUT2D eigenvalue weighted by Crippen LogP contribution is 2.42. The van der Waals surface area contributed by atoms with Crippen molar-refractivity contribution >= 4 is 29.1 Å².